The van der Waals surface area contributed by atoms with Crippen LogP contribution in [0.5, 0.6) is 0 Å². The van der Waals surface area contributed by atoms with Crippen LogP contribution in [0.4, 0.5) is 5.69 Å². The van der Waals surface area contributed by atoms with Crippen LogP contribution in [0.25, 0.3) is 5.69 Å². The molecule has 0 bridgehead atoms. The Balaban J connectivity index is 1.71. The second-order valence-corrected chi connectivity index (χ2v) is 9.62. The van der Waals surface area contributed by atoms with Crippen molar-refractivity contribution in [2.75, 3.05) is 4.90 Å². The van der Waals surface area contributed by atoms with E-state index in [1.807, 2.05) is 18.3 Å². The van der Waals surface area contributed by atoms with Gasteiger partial charge in [0.1, 0.15) is 0 Å². The van der Waals surface area contributed by atoms with Gasteiger partial charge >= 0.3 is 0 Å². The first kappa shape index (κ1) is 22.4. The van der Waals surface area contributed by atoms with E-state index >= 15 is 0 Å². The van der Waals surface area contributed by atoms with Crippen LogP contribution in [0.1, 0.15) is 51.4 Å². The van der Waals surface area contributed by atoms with Gasteiger partial charge in [-0.2, -0.15) is 0 Å². The summed E-state index contributed by atoms with van der Waals surface area (Å²) in [7, 11) is 0. The fourth-order valence-electron chi connectivity index (χ4n) is 5.24. The van der Waals surface area contributed by atoms with E-state index in [1.54, 1.807) is 0 Å². The SMILES string of the molecule is Cc1ccc(N2C(=S)N[C@@H](c3ccccn3)[C@H]2c2cc(C)n(-c3c(C)cccc3C)c2C)cc1. The number of anilines is 1. The average Bonchev–Trinajstić information content (AvgIpc) is 3.31. The first-order valence-electron chi connectivity index (χ1n) is 11.7. The number of thiocarbonyl (C=S) groups is 1. The minimum Gasteiger partial charge on any atom is -0.351 e. The molecule has 1 aliphatic rings. The van der Waals surface area contributed by atoms with Gasteiger partial charge in [0.2, 0.25) is 0 Å². The van der Waals surface area contributed by atoms with E-state index in [4.69, 9.17) is 17.2 Å². The van der Waals surface area contributed by atoms with Crippen molar-refractivity contribution in [2.45, 2.75) is 46.7 Å². The van der Waals surface area contributed by atoms with Crippen LogP contribution in [-0.2, 0) is 0 Å². The number of hydrogen-bond acceptors (Lipinski definition) is 2. The van der Waals surface area contributed by atoms with Crippen LogP contribution in [0.3, 0.4) is 0 Å². The van der Waals surface area contributed by atoms with Crippen LogP contribution in [-0.4, -0.2) is 14.7 Å². The van der Waals surface area contributed by atoms with E-state index in [-0.39, 0.29) is 12.1 Å². The molecule has 1 aliphatic heterocycles. The maximum atomic E-state index is 5.91. The molecule has 0 saturated carbocycles. The topological polar surface area (TPSA) is 33.1 Å². The number of nitrogens with one attached hydrogen (secondary N) is 1. The van der Waals surface area contributed by atoms with E-state index in [0.717, 1.165) is 16.5 Å². The van der Waals surface area contributed by atoms with Gasteiger partial charge in [-0.1, -0.05) is 42.0 Å². The minimum atomic E-state index is -0.0538. The maximum absolute atomic E-state index is 5.91. The number of nitrogens with zero attached hydrogens (tertiary/aromatic N) is 3. The highest BCUT2D eigenvalue weighted by Crippen LogP contribution is 2.44. The van der Waals surface area contributed by atoms with Gasteiger partial charge in [-0.25, -0.2) is 0 Å². The summed E-state index contributed by atoms with van der Waals surface area (Å²) in [5, 5.41) is 4.31. The summed E-state index contributed by atoms with van der Waals surface area (Å²) in [6.07, 6.45) is 1.85. The monoisotopic (exact) mass is 466 g/mol. The summed E-state index contributed by atoms with van der Waals surface area (Å²) in [4.78, 5) is 6.96. The van der Waals surface area contributed by atoms with Crippen LogP contribution in [0, 0.1) is 34.6 Å². The largest absolute Gasteiger partial charge is 0.351 e. The lowest BCUT2D eigenvalue weighted by Crippen LogP contribution is -2.29. The van der Waals surface area contributed by atoms with Gasteiger partial charge in [0.05, 0.1) is 23.5 Å². The molecule has 2 aromatic carbocycles. The number of para-hydroxylation sites is 1. The molecule has 4 aromatic rings. The fraction of sp³-hybridized carbons (Fsp3) is 0.241. The zero-order valence-corrected chi connectivity index (χ0v) is 21.1. The highest BCUT2D eigenvalue weighted by molar-refractivity contribution is 7.80. The number of pyridine rings is 1. The standard InChI is InChI=1S/C29H30N4S/c1-18-12-14-23(15-13-18)33-28(26(31-29(33)34)25-11-6-7-16-30-25)24-17-21(4)32(22(24)5)27-19(2)9-8-10-20(27)3/h6-17,26,28H,1-5H3,(H,31,34)/t26-,28+/m0/s1. The van der Waals surface area contributed by atoms with Gasteiger partial charge in [0.25, 0.3) is 0 Å². The molecule has 34 heavy (non-hydrogen) atoms. The number of hydrogen-bond donors (Lipinski definition) is 1. The molecule has 1 N–H and O–H groups in total. The highest BCUT2D eigenvalue weighted by atomic mass is 32.1. The normalized spacial score (nSPS) is 17.8. The molecule has 1 saturated heterocycles. The van der Waals surface area contributed by atoms with Crippen LogP contribution in [0.15, 0.2) is 72.9 Å². The van der Waals surface area contributed by atoms with E-state index in [0.29, 0.717) is 0 Å². The third-order valence-corrected chi connectivity index (χ3v) is 7.18. The van der Waals surface area contributed by atoms with Gasteiger partial charge in [-0.15, -0.1) is 0 Å². The predicted octanol–water partition coefficient (Wildman–Crippen LogP) is 6.59. The molecule has 5 heteroatoms. The fourth-order valence-corrected chi connectivity index (χ4v) is 5.59. The smallest absolute Gasteiger partial charge is 0.174 e. The summed E-state index contributed by atoms with van der Waals surface area (Å²) in [5.74, 6) is 0. The van der Waals surface area contributed by atoms with Crippen LogP contribution in [0.2, 0.25) is 0 Å². The maximum Gasteiger partial charge on any atom is 0.174 e. The van der Waals surface area contributed by atoms with Gasteiger partial charge in [0.15, 0.2) is 5.11 Å². The molecule has 4 nitrogen and oxygen atoms in total. The highest BCUT2D eigenvalue weighted by Gasteiger charge is 2.42. The van der Waals surface area contributed by atoms with Gasteiger partial charge in [-0.3, -0.25) is 4.98 Å². The average molecular weight is 467 g/mol. The van der Waals surface area contributed by atoms with E-state index in [1.165, 1.54) is 39.3 Å². The van der Waals surface area contributed by atoms with Crippen molar-refractivity contribution in [2.24, 2.45) is 0 Å². The van der Waals surface area contributed by atoms with E-state index in [9.17, 15) is 0 Å². The summed E-state index contributed by atoms with van der Waals surface area (Å²) in [5.41, 5.74) is 10.8. The first-order chi connectivity index (χ1) is 16.4. The lowest BCUT2D eigenvalue weighted by atomic mass is 9.96. The summed E-state index contributed by atoms with van der Waals surface area (Å²) in [6, 6.07) is 23.4. The third kappa shape index (κ3) is 3.70. The molecule has 0 aliphatic carbocycles. The quantitative estimate of drug-likeness (QED) is 0.344. The Bertz CT molecular complexity index is 1330. The lowest BCUT2D eigenvalue weighted by Gasteiger charge is -2.28. The summed E-state index contributed by atoms with van der Waals surface area (Å²) in [6.45, 7) is 10.9. The third-order valence-electron chi connectivity index (χ3n) is 6.86. The molecule has 0 unspecified atom stereocenters. The molecule has 0 radical (unpaired) electrons. The molecule has 172 valence electrons. The molecule has 2 atom stereocenters. The van der Waals surface area contributed by atoms with Crippen molar-refractivity contribution >= 4 is 23.0 Å². The molecule has 2 aromatic heterocycles. The summed E-state index contributed by atoms with van der Waals surface area (Å²) < 4.78 is 2.39. The summed E-state index contributed by atoms with van der Waals surface area (Å²) >= 11 is 5.91. The number of rotatable bonds is 4. The predicted molar refractivity (Wildman–Crippen MR) is 144 cm³/mol. The first-order valence-corrected chi connectivity index (χ1v) is 12.1. The molecule has 3 heterocycles. The zero-order valence-electron chi connectivity index (χ0n) is 20.3. The van der Waals surface area contributed by atoms with Crippen LogP contribution >= 0.6 is 12.2 Å². The molecule has 1 fully saturated rings. The Morgan fingerprint density at radius 2 is 1.56 bits per heavy atom. The molecule has 0 spiro atoms. The van der Waals surface area contributed by atoms with Gasteiger partial charge in [0, 0.05) is 23.3 Å². The van der Waals surface area contributed by atoms with Crippen molar-refractivity contribution in [1.29, 1.82) is 0 Å². The number of benzene rings is 2. The van der Waals surface area contributed by atoms with E-state index < -0.39 is 0 Å². The minimum absolute atomic E-state index is 0.0191. The number of aromatic nitrogens is 2. The van der Waals surface area contributed by atoms with E-state index in [2.05, 4.69) is 104 Å². The van der Waals surface area contributed by atoms with Gasteiger partial charge < -0.3 is 14.8 Å². The zero-order chi connectivity index (χ0) is 24.0. The van der Waals surface area contributed by atoms with Crippen LogP contribution < -0.4 is 10.2 Å². The Labute approximate surface area is 207 Å². The van der Waals surface area contributed by atoms with Crippen molar-refractivity contribution < 1.29 is 0 Å². The Morgan fingerprint density at radius 3 is 2.21 bits per heavy atom. The molecule has 0 amide bonds. The Hall–Kier alpha value is -3.44. The second-order valence-electron chi connectivity index (χ2n) is 9.23. The van der Waals surface area contributed by atoms with Crippen molar-refractivity contribution in [3.05, 3.63) is 112 Å². The molecular weight excluding hydrogens is 436 g/mol. The Morgan fingerprint density at radius 1 is 0.853 bits per heavy atom. The van der Waals surface area contributed by atoms with Crippen molar-refractivity contribution in [3.8, 4) is 5.69 Å². The van der Waals surface area contributed by atoms with Gasteiger partial charge in [-0.05, 0) is 93.9 Å². The van der Waals surface area contributed by atoms with Crippen molar-refractivity contribution in [1.82, 2.24) is 14.9 Å². The lowest BCUT2D eigenvalue weighted by molar-refractivity contribution is 0.565. The molecule has 5 rings (SSSR count). The van der Waals surface area contributed by atoms with Crippen molar-refractivity contribution in [3.63, 3.8) is 0 Å². The number of aryl methyl sites for hydroxylation is 4. The second kappa shape index (κ2) is 8.73. The Kier molecular flexibility index (Phi) is 5.74. The molecular formula is C29H30N4S.